The molecule has 0 amide bonds. The highest BCUT2D eigenvalue weighted by Gasteiger charge is 2.39. The monoisotopic (exact) mass is 553 g/mol. The van der Waals surface area contributed by atoms with Crippen LogP contribution in [-0.2, 0) is 15.8 Å². The van der Waals surface area contributed by atoms with Crippen molar-refractivity contribution in [2.45, 2.75) is 51.0 Å². The molecule has 0 bridgehead atoms. The lowest BCUT2D eigenvalue weighted by atomic mass is 9.78. The van der Waals surface area contributed by atoms with Gasteiger partial charge in [0.25, 0.3) is 0 Å². The maximum absolute atomic E-state index is 13.5. The number of halogens is 1. The van der Waals surface area contributed by atoms with E-state index < -0.39 is 33.9 Å². The van der Waals surface area contributed by atoms with Crippen molar-refractivity contribution in [2.24, 2.45) is 11.8 Å². The van der Waals surface area contributed by atoms with E-state index in [9.17, 15) is 27.8 Å². The number of benzene rings is 2. The van der Waals surface area contributed by atoms with Gasteiger partial charge in [0.05, 0.1) is 28.8 Å². The van der Waals surface area contributed by atoms with Crippen molar-refractivity contribution in [2.75, 3.05) is 5.01 Å². The van der Waals surface area contributed by atoms with E-state index in [1.54, 1.807) is 31.2 Å². The second-order valence-corrected chi connectivity index (χ2v) is 12.2. The van der Waals surface area contributed by atoms with E-state index in [-0.39, 0.29) is 28.8 Å². The molecule has 0 radical (unpaired) electrons. The van der Waals surface area contributed by atoms with Gasteiger partial charge in [0.1, 0.15) is 5.82 Å². The summed E-state index contributed by atoms with van der Waals surface area (Å²) in [6.45, 7) is 3.70. The van der Waals surface area contributed by atoms with Crippen molar-refractivity contribution >= 4 is 21.7 Å². The lowest BCUT2D eigenvalue weighted by molar-refractivity contribution is 0.0696. The van der Waals surface area contributed by atoms with Gasteiger partial charge >= 0.3 is 5.97 Å². The predicted molar refractivity (Wildman–Crippen MR) is 146 cm³/mol. The average Bonchev–Trinajstić information content (AvgIpc) is 3.49. The molecule has 0 saturated carbocycles. The fourth-order valence-corrected chi connectivity index (χ4v) is 7.44. The predicted octanol–water partition coefficient (Wildman–Crippen LogP) is 4.23. The van der Waals surface area contributed by atoms with E-state index in [2.05, 4.69) is 23.1 Å². The number of carboxylic acid groups (broad SMARTS) is 1. The normalized spacial score (nSPS) is 22.0. The SMILES string of the molecule is C[C@H]1C2=CNN(c3ccc(F)cc3)C2=CC2=C1[C@H](CC(NS(=O)(=O)Cc1ccccc1C(=O)O)[C@@H](C)O)CC2. The molecular formula is C29H32FN3O5S. The zero-order valence-electron chi connectivity index (χ0n) is 21.8. The number of fused-ring (bicyclic) bond motifs is 1. The third-order valence-electron chi connectivity index (χ3n) is 7.83. The molecule has 1 heterocycles. The quantitative estimate of drug-likeness (QED) is 0.367. The Morgan fingerprint density at radius 3 is 2.62 bits per heavy atom. The van der Waals surface area contributed by atoms with Crippen LogP contribution in [0.3, 0.4) is 0 Å². The highest BCUT2D eigenvalue weighted by Crippen LogP contribution is 2.49. The Kier molecular flexibility index (Phi) is 7.37. The maximum Gasteiger partial charge on any atom is 0.335 e. The Bertz CT molecular complexity index is 1480. The summed E-state index contributed by atoms with van der Waals surface area (Å²) in [6.07, 6.45) is 5.26. The molecule has 39 heavy (non-hydrogen) atoms. The lowest BCUT2D eigenvalue weighted by Gasteiger charge is -2.32. The van der Waals surface area contributed by atoms with Gasteiger partial charge in [0, 0.05) is 23.7 Å². The van der Waals surface area contributed by atoms with Gasteiger partial charge in [-0.25, -0.2) is 22.3 Å². The number of sulfonamides is 1. The number of aliphatic hydroxyl groups excluding tert-OH is 1. The summed E-state index contributed by atoms with van der Waals surface area (Å²) in [5.41, 5.74) is 8.80. The highest BCUT2D eigenvalue weighted by atomic mass is 32.2. The van der Waals surface area contributed by atoms with E-state index >= 15 is 0 Å². The van der Waals surface area contributed by atoms with E-state index in [0.717, 1.165) is 29.8 Å². The molecule has 0 aromatic heterocycles. The van der Waals surface area contributed by atoms with Gasteiger partial charge in [-0.15, -0.1) is 0 Å². The van der Waals surface area contributed by atoms with Crippen LogP contribution in [0, 0.1) is 17.7 Å². The molecule has 0 saturated heterocycles. The van der Waals surface area contributed by atoms with Gasteiger partial charge in [-0.3, -0.25) is 5.01 Å². The third-order valence-corrected chi connectivity index (χ3v) is 9.19. The first-order valence-corrected chi connectivity index (χ1v) is 14.7. The number of nitrogens with one attached hydrogen (secondary N) is 2. The number of nitrogens with zero attached hydrogens (tertiary/aromatic N) is 1. The van der Waals surface area contributed by atoms with Crippen LogP contribution in [0.1, 0.15) is 49.0 Å². The van der Waals surface area contributed by atoms with Crippen molar-refractivity contribution in [1.82, 2.24) is 10.1 Å². The Morgan fingerprint density at radius 2 is 1.92 bits per heavy atom. The van der Waals surface area contributed by atoms with E-state index in [4.69, 9.17) is 0 Å². The molecular weight excluding hydrogens is 521 g/mol. The van der Waals surface area contributed by atoms with Crippen LogP contribution in [0.15, 0.2) is 83.2 Å². The molecule has 2 aliphatic carbocycles. The molecule has 0 spiro atoms. The molecule has 5 rings (SSSR count). The van der Waals surface area contributed by atoms with Crippen LogP contribution in [-0.4, -0.2) is 36.7 Å². The van der Waals surface area contributed by atoms with Gasteiger partial charge in [-0.1, -0.05) is 30.7 Å². The molecule has 0 fully saturated rings. The summed E-state index contributed by atoms with van der Waals surface area (Å²) < 4.78 is 42.2. The van der Waals surface area contributed by atoms with Gasteiger partial charge in [0.15, 0.2) is 0 Å². The van der Waals surface area contributed by atoms with Crippen molar-refractivity contribution < 1.29 is 27.8 Å². The molecule has 4 N–H and O–H groups in total. The fourth-order valence-electron chi connectivity index (χ4n) is 5.94. The molecule has 4 atom stereocenters. The largest absolute Gasteiger partial charge is 0.478 e. The summed E-state index contributed by atoms with van der Waals surface area (Å²) >= 11 is 0. The number of hydrogen-bond acceptors (Lipinski definition) is 6. The van der Waals surface area contributed by atoms with E-state index in [0.29, 0.717) is 6.42 Å². The van der Waals surface area contributed by atoms with Crippen LogP contribution in [0.2, 0.25) is 0 Å². The Hall–Kier alpha value is -3.47. The number of aliphatic hydroxyl groups is 1. The second-order valence-electron chi connectivity index (χ2n) is 10.4. The molecule has 206 valence electrons. The molecule has 2 aromatic rings. The van der Waals surface area contributed by atoms with Crippen molar-refractivity contribution in [3.05, 3.63) is 100 Å². The Labute approximate surface area is 227 Å². The number of allylic oxidation sites excluding steroid dienone is 4. The number of hydrogen-bond donors (Lipinski definition) is 4. The number of aromatic carboxylic acids is 1. The van der Waals surface area contributed by atoms with Crippen molar-refractivity contribution in [1.29, 1.82) is 0 Å². The minimum atomic E-state index is -3.93. The standard InChI is InChI=1S/C29H32FN3O5S/c1-17-25-15-31-33(23-11-9-22(30)10-12-23)27(25)14-20-8-7-19(28(17)20)13-26(18(2)34)32-39(37,38)16-21-5-3-4-6-24(21)29(35)36/h3-6,9-12,14-15,17-19,26,31-32,34H,7-8,13,16H2,1-2H3,(H,35,36)/t17-,18+,19-,26?/m0/s1. The van der Waals surface area contributed by atoms with Gasteiger partial charge in [-0.05, 0) is 79.6 Å². The number of rotatable bonds is 9. The van der Waals surface area contributed by atoms with E-state index in [1.807, 2.05) is 11.2 Å². The summed E-state index contributed by atoms with van der Waals surface area (Å²) in [7, 11) is -3.93. The minimum Gasteiger partial charge on any atom is -0.478 e. The molecule has 2 aromatic carbocycles. The molecule has 3 aliphatic rings. The lowest BCUT2D eigenvalue weighted by Crippen LogP contribution is -2.44. The number of carboxylic acids is 1. The Balaban J connectivity index is 1.35. The third kappa shape index (κ3) is 5.50. The first-order chi connectivity index (χ1) is 18.5. The second kappa shape index (κ2) is 10.6. The van der Waals surface area contributed by atoms with Crippen LogP contribution in [0.5, 0.6) is 0 Å². The minimum absolute atomic E-state index is 0.0613. The zero-order chi connectivity index (χ0) is 27.9. The number of anilines is 1. The van der Waals surface area contributed by atoms with Gasteiger partial charge < -0.3 is 15.6 Å². The van der Waals surface area contributed by atoms with Crippen LogP contribution < -0.4 is 15.2 Å². The smallest absolute Gasteiger partial charge is 0.335 e. The first kappa shape index (κ1) is 27.1. The van der Waals surface area contributed by atoms with Crippen LogP contribution in [0.4, 0.5) is 10.1 Å². The maximum atomic E-state index is 13.5. The van der Waals surface area contributed by atoms with Crippen molar-refractivity contribution in [3.8, 4) is 0 Å². The summed E-state index contributed by atoms with van der Waals surface area (Å²) in [4.78, 5) is 11.5. The van der Waals surface area contributed by atoms with Gasteiger partial charge in [-0.2, -0.15) is 0 Å². The number of hydrazine groups is 1. The summed E-state index contributed by atoms with van der Waals surface area (Å²) in [6, 6.07) is 11.6. The molecule has 10 heteroatoms. The fraction of sp³-hybridized carbons (Fsp3) is 0.345. The van der Waals surface area contributed by atoms with Crippen LogP contribution in [0.25, 0.3) is 0 Å². The zero-order valence-corrected chi connectivity index (χ0v) is 22.6. The van der Waals surface area contributed by atoms with Crippen LogP contribution >= 0.6 is 0 Å². The summed E-state index contributed by atoms with van der Waals surface area (Å²) in [5.74, 6) is -1.82. The molecule has 1 aliphatic heterocycles. The average molecular weight is 554 g/mol. The van der Waals surface area contributed by atoms with Crippen molar-refractivity contribution in [3.63, 3.8) is 0 Å². The molecule has 8 nitrogen and oxygen atoms in total. The first-order valence-electron chi connectivity index (χ1n) is 13.0. The number of carbonyl (C=O) groups is 1. The van der Waals surface area contributed by atoms with E-state index in [1.165, 1.54) is 35.4 Å². The molecule has 1 unspecified atom stereocenters. The topological polar surface area (TPSA) is 119 Å². The highest BCUT2D eigenvalue weighted by molar-refractivity contribution is 7.88. The van der Waals surface area contributed by atoms with Gasteiger partial charge in [0.2, 0.25) is 10.0 Å². The summed E-state index contributed by atoms with van der Waals surface area (Å²) in [5, 5.41) is 21.9. The Morgan fingerprint density at radius 1 is 1.21 bits per heavy atom.